The summed E-state index contributed by atoms with van der Waals surface area (Å²) >= 11 is 0. The van der Waals surface area contributed by atoms with E-state index < -0.39 is 18.6 Å². The highest BCUT2D eigenvalue weighted by Gasteiger charge is 2.39. The highest BCUT2D eigenvalue weighted by atomic mass is 19.4. The Morgan fingerprint density at radius 1 is 1.24 bits per heavy atom. The third-order valence-electron chi connectivity index (χ3n) is 3.75. The van der Waals surface area contributed by atoms with Gasteiger partial charge in [0.1, 0.15) is 6.54 Å². The predicted molar refractivity (Wildman–Crippen MR) is 56.3 cm³/mol. The topological polar surface area (TPSA) is 41.1 Å². The summed E-state index contributed by atoms with van der Waals surface area (Å²) in [6, 6.07) is 0.324. The average Bonchev–Trinajstić information content (AvgIpc) is 2.84. The molecule has 3 atom stereocenters. The van der Waals surface area contributed by atoms with Crippen LogP contribution in [0.5, 0.6) is 0 Å². The number of amides is 1. The van der Waals surface area contributed by atoms with E-state index in [1.165, 1.54) is 19.3 Å². The number of rotatable bonds is 4. The van der Waals surface area contributed by atoms with Crippen LogP contribution in [-0.2, 0) is 4.79 Å². The van der Waals surface area contributed by atoms with Gasteiger partial charge < -0.3 is 10.6 Å². The summed E-state index contributed by atoms with van der Waals surface area (Å²) in [5, 5.41) is 4.93. The molecule has 1 amide bonds. The first kappa shape index (κ1) is 12.7. The van der Waals surface area contributed by atoms with Crippen molar-refractivity contribution >= 4 is 5.91 Å². The molecular formula is C11H17F3N2O. The number of carbonyl (C=O) groups excluding carboxylic acids is 1. The van der Waals surface area contributed by atoms with Crippen LogP contribution in [0.15, 0.2) is 0 Å². The summed E-state index contributed by atoms with van der Waals surface area (Å²) < 4.78 is 35.5. The number of halogens is 3. The zero-order valence-electron chi connectivity index (χ0n) is 9.52. The molecule has 3 nitrogen and oxygen atoms in total. The Kier molecular flexibility index (Phi) is 3.61. The maximum atomic E-state index is 11.8. The molecule has 0 radical (unpaired) electrons. The second-order valence-electron chi connectivity index (χ2n) is 5.05. The van der Waals surface area contributed by atoms with Gasteiger partial charge >= 0.3 is 6.18 Å². The number of hydrogen-bond acceptors (Lipinski definition) is 2. The quantitative estimate of drug-likeness (QED) is 0.792. The summed E-state index contributed by atoms with van der Waals surface area (Å²) in [5.41, 5.74) is 0. The fourth-order valence-electron chi connectivity index (χ4n) is 2.98. The van der Waals surface area contributed by atoms with E-state index in [1.54, 1.807) is 0 Å². The predicted octanol–water partition coefficient (Wildman–Crippen LogP) is 1.44. The van der Waals surface area contributed by atoms with Crippen LogP contribution in [0.4, 0.5) is 13.2 Å². The van der Waals surface area contributed by atoms with Crippen molar-refractivity contribution in [2.75, 3.05) is 13.1 Å². The van der Waals surface area contributed by atoms with E-state index in [1.807, 2.05) is 5.32 Å². The SMILES string of the molecule is O=C(CNC1CC2CCC1C2)NCC(F)(F)F. The molecular weight excluding hydrogens is 233 g/mol. The van der Waals surface area contributed by atoms with Gasteiger partial charge in [-0.05, 0) is 31.1 Å². The molecule has 17 heavy (non-hydrogen) atoms. The van der Waals surface area contributed by atoms with Gasteiger partial charge in [-0.3, -0.25) is 4.79 Å². The van der Waals surface area contributed by atoms with Crippen molar-refractivity contribution in [3.63, 3.8) is 0 Å². The molecule has 2 rings (SSSR count). The van der Waals surface area contributed by atoms with E-state index in [9.17, 15) is 18.0 Å². The molecule has 2 aliphatic rings. The summed E-state index contributed by atoms with van der Waals surface area (Å²) in [7, 11) is 0. The standard InChI is InChI=1S/C11H17F3N2O/c12-11(13,14)6-16-10(17)5-15-9-4-7-1-2-8(9)3-7/h7-9,15H,1-6H2,(H,16,17). The molecule has 0 spiro atoms. The van der Waals surface area contributed by atoms with Crippen LogP contribution in [0.3, 0.4) is 0 Å². The van der Waals surface area contributed by atoms with Gasteiger partial charge in [0, 0.05) is 6.04 Å². The highest BCUT2D eigenvalue weighted by molar-refractivity contribution is 5.78. The van der Waals surface area contributed by atoms with Gasteiger partial charge in [0.05, 0.1) is 6.54 Å². The second kappa shape index (κ2) is 4.84. The maximum Gasteiger partial charge on any atom is 0.405 e. The van der Waals surface area contributed by atoms with E-state index in [4.69, 9.17) is 0 Å². The molecule has 0 aromatic rings. The zero-order chi connectivity index (χ0) is 12.5. The Bertz CT molecular complexity index is 293. The minimum atomic E-state index is -4.33. The Morgan fingerprint density at radius 3 is 2.53 bits per heavy atom. The second-order valence-corrected chi connectivity index (χ2v) is 5.05. The summed E-state index contributed by atoms with van der Waals surface area (Å²) in [5.74, 6) is 0.802. The van der Waals surface area contributed by atoms with E-state index in [2.05, 4.69) is 5.32 Å². The fourth-order valence-corrected chi connectivity index (χ4v) is 2.98. The lowest BCUT2D eigenvalue weighted by atomic mass is 9.95. The first-order chi connectivity index (χ1) is 7.94. The smallest absolute Gasteiger partial charge is 0.346 e. The lowest BCUT2D eigenvalue weighted by molar-refractivity contribution is -0.138. The van der Waals surface area contributed by atoms with E-state index >= 15 is 0 Å². The number of hydrogen-bond donors (Lipinski definition) is 2. The van der Waals surface area contributed by atoms with Gasteiger partial charge in [-0.2, -0.15) is 13.2 Å². The Balaban J connectivity index is 1.63. The average molecular weight is 250 g/mol. The van der Waals surface area contributed by atoms with Gasteiger partial charge in [-0.15, -0.1) is 0 Å². The molecule has 98 valence electrons. The van der Waals surface area contributed by atoms with Crippen LogP contribution in [0.25, 0.3) is 0 Å². The number of nitrogens with one attached hydrogen (secondary N) is 2. The molecule has 3 unspecified atom stereocenters. The minimum Gasteiger partial charge on any atom is -0.346 e. The molecule has 0 heterocycles. The summed E-state index contributed by atoms with van der Waals surface area (Å²) in [6.07, 6.45) is 0.400. The van der Waals surface area contributed by atoms with E-state index in [-0.39, 0.29) is 6.54 Å². The maximum absolute atomic E-state index is 11.8. The lowest BCUT2D eigenvalue weighted by Crippen LogP contribution is -2.43. The Hall–Kier alpha value is -0.780. The molecule has 2 fully saturated rings. The molecule has 2 saturated carbocycles. The van der Waals surface area contributed by atoms with E-state index in [0.29, 0.717) is 12.0 Å². The van der Waals surface area contributed by atoms with Crippen molar-refractivity contribution in [3.05, 3.63) is 0 Å². The van der Waals surface area contributed by atoms with Crippen molar-refractivity contribution < 1.29 is 18.0 Å². The molecule has 0 saturated heterocycles. The molecule has 2 aliphatic carbocycles. The first-order valence-corrected chi connectivity index (χ1v) is 6.01. The summed E-state index contributed by atoms with van der Waals surface area (Å²) in [4.78, 5) is 11.2. The van der Waals surface area contributed by atoms with Crippen LogP contribution < -0.4 is 10.6 Å². The molecule has 2 bridgehead atoms. The van der Waals surface area contributed by atoms with Gasteiger partial charge in [0.15, 0.2) is 0 Å². The van der Waals surface area contributed by atoms with Crippen molar-refractivity contribution in [1.82, 2.24) is 10.6 Å². The molecule has 2 N–H and O–H groups in total. The van der Waals surface area contributed by atoms with Crippen LogP contribution >= 0.6 is 0 Å². The number of fused-ring (bicyclic) bond motifs is 2. The number of carbonyl (C=O) groups is 1. The van der Waals surface area contributed by atoms with Gasteiger partial charge in [-0.25, -0.2) is 0 Å². The van der Waals surface area contributed by atoms with Crippen LogP contribution in [0.1, 0.15) is 25.7 Å². The van der Waals surface area contributed by atoms with Crippen molar-refractivity contribution in [1.29, 1.82) is 0 Å². The van der Waals surface area contributed by atoms with Crippen LogP contribution in [0.2, 0.25) is 0 Å². The van der Waals surface area contributed by atoms with Gasteiger partial charge in [0.25, 0.3) is 0 Å². The van der Waals surface area contributed by atoms with Crippen LogP contribution in [0, 0.1) is 11.8 Å². The Morgan fingerprint density at radius 2 is 2.00 bits per heavy atom. The Labute approximate surface area is 98.1 Å². The van der Waals surface area contributed by atoms with Crippen molar-refractivity contribution in [2.45, 2.75) is 37.9 Å². The third kappa shape index (κ3) is 3.59. The molecule has 0 aliphatic heterocycles. The van der Waals surface area contributed by atoms with Crippen molar-refractivity contribution in [3.8, 4) is 0 Å². The molecule has 6 heteroatoms. The van der Waals surface area contributed by atoms with Gasteiger partial charge in [-0.1, -0.05) is 6.42 Å². The van der Waals surface area contributed by atoms with Gasteiger partial charge in [0.2, 0.25) is 5.91 Å². The monoisotopic (exact) mass is 250 g/mol. The highest BCUT2D eigenvalue weighted by Crippen LogP contribution is 2.44. The van der Waals surface area contributed by atoms with E-state index in [0.717, 1.165) is 12.3 Å². The molecule has 0 aromatic heterocycles. The third-order valence-corrected chi connectivity index (χ3v) is 3.75. The number of alkyl halides is 3. The largest absolute Gasteiger partial charge is 0.405 e. The lowest BCUT2D eigenvalue weighted by Gasteiger charge is -2.22. The zero-order valence-corrected chi connectivity index (χ0v) is 9.52. The first-order valence-electron chi connectivity index (χ1n) is 6.01. The fraction of sp³-hybridized carbons (Fsp3) is 0.909. The minimum absolute atomic E-state index is 0.00995. The molecule has 0 aromatic carbocycles. The van der Waals surface area contributed by atoms with Crippen molar-refractivity contribution in [2.24, 2.45) is 11.8 Å². The normalized spacial score (nSPS) is 31.8. The van der Waals surface area contributed by atoms with Crippen LogP contribution in [-0.4, -0.2) is 31.2 Å². The summed E-state index contributed by atoms with van der Waals surface area (Å²) in [6.45, 7) is -1.26.